The molecule has 8 rings (SSSR count). The minimum Gasteiger partial charge on any atom is -0.0809 e. The molecule has 0 aliphatic heterocycles. The molecule has 0 aromatic heterocycles. The number of allylic oxidation sites excluding steroid dienone is 2. The summed E-state index contributed by atoms with van der Waals surface area (Å²) in [6, 6.07) is 34.2. The summed E-state index contributed by atoms with van der Waals surface area (Å²) in [5, 5.41) is 0. The van der Waals surface area contributed by atoms with E-state index in [9.17, 15) is 0 Å². The van der Waals surface area contributed by atoms with E-state index in [1.807, 2.05) is 0 Å². The van der Waals surface area contributed by atoms with Gasteiger partial charge in [0.25, 0.3) is 0 Å². The van der Waals surface area contributed by atoms with Crippen molar-refractivity contribution >= 4 is 15.9 Å². The average molecular weight is 530 g/mol. The fourth-order valence-electron chi connectivity index (χ4n) is 8.55. The third-order valence-corrected chi connectivity index (χ3v) is 10.2. The van der Waals surface area contributed by atoms with Crippen molar-refractivity contribution in [2.75, 3.05) is 0 Å². The lowest BCUT2D eigenvalue weighted by Gasteiger charge is -2.55. The van der Waals surface area contributed by atoms with Crippen molar-refractivity contribution in [2.45, 2.75) is 31.6 Å². The third-order valence-electron chi connectivity index (χ3n) is 9.70. The van der Waals surface area contributed by atoms with Crippen LogP contribution in [0.3, 0.4) is 0 Å². The van der Waals surface area contributed by atoms with Gasteiger partial charge in [0.2, 0.25) is 0 Å². The third kappa shape index (κ3) is 2.70. The standard InChI is InChI=1S/C35H29Br/c1-21-16-22-18-29-32(17-21)35(33(29)19-22)30-10-3-2-8-28(30)34-27(9-5-11-31(34)35)24-14-12-23(13-15-24)25-6-4-7-26(36)20-25/h2-15,17,20-22,29,33H,16,18-19H2,1H3. The van der Waals surface area contributed by atoms with Gasteiger partial charge in [0.05, 0.1) is 0 Å². The summed E-state index contributed by atoms with van der Waals surface area (Å²) in [6.45, 7) is 2.44. The highest BCUT2D eigenvalue weighted by Crippen LogP contribution is 2.73. The SMILES string of the molecule is CC1C=C2C3CC(C1)CC3C21c2ccccc2-c2c(-c3ccc(-c4cccc(Br)c4)cc3)cccc21. The van der Waals surface area contributed by atoms with Gasteiger partial charge in [-0.1, -0.05) is 113 Å². The topological polar surface area (TPSA) is 0 Å². The molecule has 176 valence electrons. The molecule has 4 aromatic rings. The van der Waals surface area contributed by atoms with Crippen molar-refractivity contribution < 1.29 is 0 Å². The minimum atomic E-state index is 0.103. The van der Waals surface area contributed by atoms with Crippen LogP contribution in [0.1, 0.15) is 37.3 Å². The number of fused-ring (bicyclic) bond motifs is 8. The van der Waals surface area contributed by atoms with Crippen molar-refractivity contribution in [1.82, 2.24) is 0 Å². The molecule has 4 aliphatic carbocycles. The molecule has 4 aromatic carbocycles. The zero-order valence-corrected chi connectivity index (χ0v) is 22.1. The zero-order chi connectivity index (χ0) is 24.0. The van der Waals surface area contributed by atoms with Crippen LogP contribution in [-0.2, 0) is 5.41 Å². The smallest absolute Gasteiger partial charge is 0.0460 e. The van der Waals surface area contributed by atoms with E-state index in [1.54, 1.807) is 16.7 Å². The summed E-state index contributed by atoms with van der Waals surface area (Å²) >= 11 is 3.62. The first-order valence-electron chi connectivity index (χ1n) is 13.5. The molecule has 0 nitrogen and oxygen atoms in total. The van der Waals surface area contributed by atoms with Crippen molar-refractivity contribution in [1.29, 1.82) is 0 Å². The van der Waals surface area contributed by atoms with Crippen LogP contribution in [0, 0.1) is 23.7 Å². The second-order valence-corrected chi connectivity index (χ2v) is 12.5. The van der Waals surface area contributed by atoms with E-state index < -0.39 is 0 Å². The second kappa shape index (κ2) is 7.56. The highest BCUT2D eigenvalue weighted by molar-refractivity contribution is 9.10. The summed E-state index contributed by atoms with van der Waals surface area (Å²) in [5.74, 6) is 3.15. The van der Waals surface area contributed by atoms with Crippen molar-refractivity contribution in [3.05, 3.63) is 118 Å². The molecule has 2 bridgehead atoms. The van der Waals surface area contributed by atoms with E-state index in [-0.39, 0.29) is 5.41 Å². The second-order valence-electron chi connectivity index (χ2n) is 11.6. The van der Waals surface area contributed by atoms with Gasteiger partial charge in [-0.15, -0.1) is 0 Å². The maximum Gasteiger partial charge on any atom is 0.0460 e. The molecule has 0 saturated heterocycles. The first-order chi connectivity index (χ1) is 17.6. The first kappa shape index (κ1) is 21.2. The van der Waals surface area contributed by atoms with Gasteiger partial charge >= 0.3 is 0 Å². The molecular formula is C35H29Br. The zero-order valence-electron chi connectivity index (χ0n) is 20.5. The summed E-state index contributed by atoms with van der Waals surface area (Å²) < 4.78 is 1.12. The Labute approximate surface area is 222 Å². The van der Waals surface area contributed by atoms with E-state index in [4.69, 9.17) is 0 Å². The van der Waals surface area contributed by atoms with Gasteiger partial charge in [-0.05, 0) is 99.6 Å². The molecule has 1 spiro atoms. The van der Waals surface area contributed by atoms with Gasteiger partial charge in [0.1, 0.15) is 0 Å². The van der Waals surface area contributed by atoms with Crippen LogP contribution in [-0.4, -0.2) is 0 Å². The van der Waals surface area contributed by atoms with Crippen molar-refractivity contribution in [3.63, 3.8) is 0 Å². The summed E-state index contributed by atoms with van der Waals surface area (Å²) in [5.41, 5.74) is 13.1. The van der Waals surface area contributed by atoms with Gasteiger partial charge in [0.15, 0.2) is 0 Å². The van der Waals surface area contributed by atoms with Gasteiger partial charge in [-0.2, -0.15) is 0 Å². The van der Waals surface area contributed by atoms with Crippen LogP contribution in [0.4, 0.5) is 0 Å². The number of halogens is 1. The van der Waals surface area contributed by atoms with Crippen molar-refractivity contribution in [3.8, 4) is 33.4 Å². The van der Waals surface area contributed by atoms with Crippen LogP contribution in [0.25, 0.3) is 33.4 Å². The highest BCUT2D eigenvalue weighted by Gasteiger charge is 2.66. The monoisotopic (exact) mass is 528 g/mol. The van der Waals surface area contributed by atoms with Gasteiger partial charge in [-0.25, -0.2) is 0 Å². The predicted octanol–water partition coefficient (Wildman–Crippen LogP) is 9.67. The molecular weight excluding hydrogens is 500 g/mol. The maximum atomic E-state index is 3.62. The summed E-state index contributed by atoms with van der Waals surface area (Å²) in [4.78, 5) is 0. The number of hydrogen-bond acceptors (Lipinski definition) is 0. The number of hydrogen-bond donors (Lipinski definition) is 0. The molecule has 2 saturated carbocycles. The van der Waals surface area contributed by atoms with Crippen LogP contribution < -0.4 is 0 Å². The lowest BCUT2D eigenvalue weighted by Crippen LogP contribution is -2.51. The Bertz CT molecular complexity index is 1560. The lowest BCUT2D eigenvalue weighted by molar-refractivity contribution is 0.193. The Hall–Kier alpha value is -2.90. The normalized spacial score (nSPS) is 28.8. The molecule has 5 atom stereocenters. The van der Waals surface area contributed by atoms with E-state index in [1.165, 1.54) is 52.6 Å². The van der Waals surface area contributed by atoms with Crippen LogP contribution >= 0.6 is 15.9 Å². The molecule has 36 heavy (non-hydrogen) atoms. The molecule has 4 aliphatic rings. The van der Waals surface area contributed by atoms with Crippen LogP contribution in [0.2, 0.25) is 0 Å². The molecule has 1 heteroatoms. The van der Waals surface area contributed by atoms with Crippen LogP contribution in [0.5, 0.6) is 0 Å². The first-order valence-corrected chi connectivity index (χ1v) is 14.3. The Morgan fingerprint density at radius 1 is 0.694 bits per heavy atom. The quantitative estimate of drug-likeness (QED) is 0.227. The fourth-order valence-corrected chi connectivity index (χ4v) is 8.95. The predicted molar refractivity (Wildman–Crippen MR) is 153 cm³/mol. The van der Waals surface area contributed by atoms with E-state index in [2.05, 4.69) is 120 Å². The van der Waals surface area contributed by atoms with Gasteiger partial charge in [0, 0.05) is 9.89 Å². The Kier molecular flexibility index (Phi) is 4.45. The molecule has 0 radical (unpaired) electrons. The minimum absolute atomic E-state index is 0.103. The fraction of sp³-hybridized carbons (Fsp3) is 0.257. The van der Waals surface area contributed by atoms with E-state index >= 15 is 0 Å². The summed E-state index contributed by atoms with van der Waals surface area (Å²) in [6.07, 6.45) is 6.87. The Morgan fingerprint density at radius 2 is 1.44 bits per heavy atom. The lowest BCUT2D eigenvalue weighted by atomic mass is 9.47. The highest BCUT2D eigenvalue weighted by atomic mass is 79.9. The largest absolute Gasteiger partial charge is 0.0809 e. The van der Waals surface area contributed by atoms with Gasteiger partial charge in [-0.3, -0.25) is 0 Å². The Morgan fingerprint density at radius 3 is 2.31 bits per heavy atom. The van der Waals surface area contributed by atoms with Gasteiger partial charge < -0.3 is 0 Å². The average Bonchev–Trinajstić information content (AvgIpc) is 3.37. The Balaban J connectivity index is 1.31. The van der Waals surface area contributed by atoms with Crippen LogP contribution in [0.15, 0.2) is 107 Å². The molecule has 2 fully saturated rings. The number of benzene rings is 4. The van der Waals surface area contributed by atoms with Crippen molar-refractivity contribution in [2.24, 2.45) is 23.7 Å². The number of rotatable bonds is 2. The molecule has 0 N–H and O–H groups in total. The molecule has 0 heterocycles. The molecule has 0 amide bonds. The van der Waals surface area contributed by atoms with E-state index in [0.717, 1.165) is 22.2 Å². The summed E-state index contributed by atoms with van der Waals surface area (Å²) in [7, 11) is 0. The van der Waals surface area contributed by atoms with E-state index in [0.29, 0.717) is 5.92 Å². The maximum absolute atomic E-state index is 3.62. The molecule has 5 unspecified atom stereocenters.